The average Bonchev–Trinajstić information content (AvgIpc) is 2.91. The van der Waals surface area contributed by atoms with E-state index in [1.807, 2.05) is 18.4 Å². The van der Waals surface area contributed by atoms with Crippen LogP contribution in [0.4, 0.5) is 11.4 Å². The number of methoxy groups -OCH3 is 2. The van der Waals surface area contributed by atoms with Gasteiger partial charge in [0, 0.05) is 10.6 Å². The molecule has 0 aliphatic rings. The zero-order chi connectivity index (χ0) is 25.9. The smallest absolute Gasteiger partial charge is 0.338 e. The van der Waals surface area contributed by atoms with Crippen LogP contribution in [0, 0.1) is 0 Å². The van der Waals surface area contributed by atoms with Gasteiger partial charge in [0.15, 0.2) is 24.7 Å². The number of anilines is 2. The Kier molecular flexibility index (Phi) is 9.58. The van der Waals surface area contributed by atoms with Gasteiger partial charge >= 0.3 is 5.97 Å². The predicted molar refractivity (Wildman–Crippen MR) is 137 cm³/mol. The van der Waals surface area contributed by atoms with E-state index in [1.165, 1.54) is 37.1 Å². The molecule has 0 unspecified atom stereocenters. The maximum atomic E-state index is 12.4. The summed E-state index contributed by atoms with van der Waals surface area (Å²) in [5.41, 5.74) is 1.40. The molecule has 0 aliphatic carbocycles. The molecule has 0 atom stereocenters. The second-order valence-corrected chi connectivity index (χ2v) is 8.10. The Balaban J connectivity index is 1.53. The van der Waals surface area contributed by atoms with Crippen molar-refractivity contribution in [3.05, 3.63) is 72.3 Å². The lowest BCUT2D eigenvalue weighted by atomic mass is 10.2. The SMILES string of the molecule is COc1ccc(NC(=O)COc2ccc(C(=O)OCC(=O)Nc3ccccc3SC)cc2OC)cc1. The third-order valence-corrected chi connectivity index (χ3v) is 5.64. The van der Waals surface area contributed by atoms with Gasteiger partial charge in [-0.2, -0.15) is 0 Å². The summed E-state index contributed by atoms with van der Waals surface area (Å²) in [6.07, 6.45) is 1.90. The van der Waals surface area contributed by atoms with Crippen LogP contribution >= 0.6 is 11.8 Å². The summed E-state index contributed by atoms with van der Waals surface area (Å²) in [6.45, 7) is -0.725. The first-order valence-corrected chi connectivity index (χ1v) is 12.0. The lowest BCUT2D eigenvalue weighted by Gasteiger charge is -2.13. The standard InChI is InChI=1S/C26H26N2O7S/c1-32-19-11-9-18(10-12-19)27-24(29)15-34-21-13-8-17(14-22(21)33-2)26(31)35-16-25(30)28-20-6-4-5-7-23(20)36-3/h4-14H,15-16H2,1-3H3,(H,27,29)(H,28,30). The van der Waals surface area contributed by atoms with Crippen molar-refractivity contribution in [2.24, 2.45) is 0 Å². The molecule has 188 valence electrons. The number of benzene rings is 3. The summed E-state index contributed by atoms with van der Waals surface area (Å²) >= 11 is 1.49. The van der Waals surface area contributed by atoms with Crippen LogP contribution in [0.3, 0.4) is 0 Å². The van der Waals surface area contributed by atoms with E-state index in [2.05, 4.69) is 10.6 Å². The number of amides is 2. The molecule has 0 aromatic heterocycles. The largest absolute Gasteiger partial charge is 0.497 e. The number of para-hydroxylation sites is 1. The highest BCUT2D eigenvalue weighted by molar-refractivity contribution is 7.98. The van der Waals surface area contributed by atoms with Gasteiger partial charge in [0.05, 0.1) is 25.5 Å². The predicted octanol–water partition coefficient (Wildman–Crippen LogP) is 4.24. The highest BCUT2D eigenvalue weighted by Gasteiger charge is 2.15. The Hall–Kier alpha value is -4.18. The van der Waals surface area contributed by atoms with Gasteiger partial charge in [-0.15, -0.1) is 11.8 Å². The number of hydrogen-bond acceptors (Lipinski definition) is 8. The van der Waals surface area contributed by atoms with Gasteiger partial charge in [-0.3, -0.25) is 9.59 Å². The lowest BCUT2D eigenvalue weighted by Crippen LogP contribution is -2.21. The summed E-state index contributed by atoms with van der Waals surface area (Å²) < 4.78 is 21.0. The van der Waals surface area contributed by atoms with E-state index in [0.717, 1.165) is 4.90 Å². The number of carbonyl (C=O) groups excluding carboxylic acids is 3. The molecule has 2 amide bonds. The van der Waals surface area contributed by atoms with Crippen molar-refractivity contribution in [1.29, 1.82) is 0 Å². The Morgan fingerprint density at radius 2 is 1.53 bits per heavy atom. The van der Waals surface area contributed by atoms with Crippen molar-refractivity contribution in [1.82, 2.24) is 0 Å². The first-order chi connectivity index (χ1) is 17.4. The number of ether oxygens (including phenoxy) is 4. The fraction of sp³-hybridized carbons (Fsp3) is 0.192. The van der Waals surface area contributed by atoms with Crippen LogP contribution in [-0.4, -0.2) is 51.5 Å². The molecule has 0 saturated carbocycles. The quantitative estimate of drug-likeness (QED) is 0.291. The van der Waals surface area contributed by atoms with Crippen molar-refractivity contribution < 1.29 is 33.3 Å². The van der Waals surface area contributed by atoms with Crippen LogP contribution in [0.5, 0.6) is 17.2 Å². The topological polar surface area (TPSA) is 112 Å². The minimum absolute atomic E-state index is 0.166. The molecule has 0 spiro atoms. The molecule has 10 heteroatoms. The monoisotopic (exact) mass is 510 g/mol. The molecule has 9 nitrogen and oxygen atoms in total. The summed E-state index contributed by atoms with van der Waals surface area (Å²) in [6, 6.07) is 18.6. The van der Waals surface area contributed by atoms with Crippen LogP contribution in [0.1, 0.15) is 10.4 Å². The summed E-state index contributed by atoms with van der Waals surface area (Å²) in [5.74, 6) is -0.357. The third-order valence-electron chi connectivity index (χ3n) is 4.85. The van der Waals surface area contributed by atoms with Crippen molar-refractivity contribution in [3.63, 3.8) is 0 Å². The molecule has 2 N–H and O–H groups in total. The van der Waals surface area contributed by atoms with Gasteiger partial charge in [0.25, 0.3) is 11.8 Å². The van der Waals surface area contributed by atoms with E-state index in [-0.39, 0.29) is 29.6 Å². The van der Waals surface area contributed by atoms with E-state index in [4.69, 9.17) is 18.9 Å². The molecule has 36 heavy (non-hydrogen) atoms. The van der Waals surface area contributed by atoms with Gasteiger partial charge in [-0.25, -0.2) is 4.79 Å². The first-order valence-electron chi connectivity index (χ1n) is 10.8. The molecule has 0 radical (unpaired) electrons. The van der Waals surface area contributed by atoms with E-state index < -0.39 is 18.5 Å². The van der Waals surface area contributed by atoms with Gasteiger partial charge in [0.1, 0.15) is 5.75 Å². The molecule has 0 bridgehead atoms. The summed E-state index contributed by atoms with van der Waals surface area (Å²) in [7, 11) is 2.97. The Bertz CT molecular complexity index is 1220. The van der Waals surface area contributed by atoms with Crippen molar-refractivity contribution >= 4 is 40.9 Å². The van der Waals surface area contributed by atoms with E-state index in [0.29, 0.717) is 17.1 Å². The maximum Gasteiger partial charge on any atom is 0.338 e. The van der Waals surface area contributed by atoms with Crippen LogP contribution in [0.15, 0.2) is 71.6 Å². The van der Waals surface area contributed by atoms with Crippen LogP contribution in [0.25, 0.3) is 0 Å². The number of thioether (sulfide) groups is 1. The van der Waals surface area contributed by atoms with E-state index in [9.17, 15) is 14.4 Å². The lowest BCUT2D eigenvalue weighted by molar-refractivity contribution is -0.119. The van der Waals surface area contributed by atoms with Crippen molar-refractivity contribution in [2.45, 2.75) is 4.90 Å². The van der Waals surface area contributed by atoms with Crippen LogP contribution in [0.2, 0.25) is 0 Å². The van der Waals surface area contributed by atoms with Crippen molar-refractivity contribution in [3.8, 4) is 17.2 Å². The normalized spacial score (nSPS) is 10.2. The fourth-order valence-corrected chi connectivity index (χ4v) is 3.63. The zero-order valence-corrected chi connectivity index (χ0v) is 20.8. The first kappa shape index (κ1) is 26.4. The number of hydrogen-bond donors (Lipinski definition) is 2. The Morgan fingerprint density at radius 1 is 0.806 bits per heavy atom. The van der Waals surface area contributed by atoms with Gasteiger partial charge in [-0.1, -0.05) is 12.1 Å². The summed E-state index contributed by atoms with van der Waals surface area (Å²) in [5, 5.41) is 5.43. The van der Waals surface area contributed by atoms with Crippen molar-refractivity contribution in [2.75, 3.05) is 44.3 Å². The number of rotatable bonds is 11. The molecule has 0 fully saturated rings. The molecular formula is C26H26N2O7S. The summed E-state index contributed by atoms with van der Waals surface area (Å²) in [4.78, 5) is 37.8. The van der Waals surface area contributed by atoms with Crippen LogP contribution < -0.4 is 24.8 Å². The molecular weight excluding hydrogens is 484 g/mol. The molecule has 0 heterocycles. The van der Waals surface area contributed by atoms with Gasteiger partial charge in [0.2, 0.25) is 0 Å². The number of carbonyl (C=O) groups is 3. The maximum absolute atomic E-state index is 12.4. The number of esters is 1. The minimum Gasteiger partial charge on any atom is -0.497 e. The Labute approximate surface area is 213 Å². The van der Waals surface area contributed by atoms with Gasteiger partial charge in [-0.05, 0) is 60.9 Å². The van der Waals surface area contributed by atoms with Crippen LogP contribution in [-0.2, 0) is 14.3 Å². The molecule has 3 rings (SSSR count). The highest BCUT2D eigenvalue weighted by atomic mass is 32.2. The molecule has 0 saturated heterocycles. The van der Waals surface area contributed by atoms with E-state index >= 15 is 0 Å². The molecule has 0 aliphatic heterocycles. The second kappa shape index (κ2) is 13.1. The Morgan fingerprint density at radius 3 is 2.22 bits per heavy atom. The second-order valence-electron chi connectivity index (χ2n) is 7.26. The average molecular weight is 511 g/mol. The molecule has 3 aromatic carbocycles. The zero-order valence-electron chi connectivity index (χ0n) is 20.0. The molecule has 3 aromatic rings. The third kappa shape index (κ3) is 7.41. The van der Waals surface area contributed by atoms with E-state index in [1.54, 1.807) is 43.5 Å². The highest BCUT2D eigenvalue weighted by Crippen LogP contribution is 2.29. The minimum atomic E-state index is -0.703. The van der Waals surface area contributed by atoms with Gasteiger partial charge < -0.3 is 29.6 Å². The fourth-order valence-electron chi connectivity index (χ4n) is 3.08. The number of nitrogens with one attached hydrogen (secondary N) is 2.